The highest BCUT2D eigenvalue weighted by Crippen LogP contribution is 2.44. The fraction of sp³-hybridized carbons (Fsp3) is 0.565. The van der Waals surface area contributed by atoms with Crippen molar-refractivity contribution in [3.8, 4) is 0 Å². The largest absolute Gasteiger partial charge is 0.440 e. The average Bonchev–Trinajstić information content (AvgIpc) is 3.53. The molecule has 34 heavy (non-hydrogen) atoms. The maximum atomic E-state index is 14.6. The molecule has 2 aliphatic heterocycles. The number of hydrogen-bond acceptors (Lipinski definition) is 4. The summed E-state index contributed by atoms with van der Waals surface area (Å²) in [6.45, 7) is 3.93. The molecule has 2 atom stereocenters. The summed E-state index contributed by atoms with van der Waals surface area (Å²) in [5, 5.41) is 4.23. The van der Waals surface area contributed by atoms with Crippen LogP contribution in [0.2, 0.25) is 0 Å². The first-order valence-electron chi connectivity index (χ1n) is 11.5. The molecule has 3 aliphatic rings. The molecule has 8 nitrogen and oxygen atoms in total. The Morgan fingerprint density at radius 3 is 2.47 bits per heavy atom. The third kappa shape index (κ3) is 3.27. The van der Waals surface area contributed by atoms with E-state index in [0.717, 1.165) is 41.4 Å². The Labute approximate surface area is 193 Å². The summed E-state index contributed by atoms with van der Waals surface area (Å²) in [7, 11) is 0. The molecular weight excluding hydrogens is 451 g/mol. The average molecular weight is 477 g/mol. The normalized spacial score (nSPS) is 25.1. The third-order valence-electron chi connectivity index (χ3n) is 7.45. The number of nitrogens with zero attached hydrogens (tertiary/aromatic N) is 3. The van der Waals surface area contributed by atoms with Gasteiger partial charge in [-0.15, -0.1) is 0 Å². The van der Waals surface area contributed by atoms with Crippen molar-refractivity contribution in [3.05, 3.63) is 23.3 Å². The van der Waals surface area contributed by atoms with Gasteiger partial charge in [-0.25, -0.2) is 4.98 Å². The molecule has 1 aromatic carbocycles. The van der Waals surface area contributed by atoms with E-state index in [9.17, 15) is 27.6 Å². The van der Waals surface area contributed by atoms with Crippen molar-refractivity contribution in [1.82, 2.24) is 19.8 Å². The maximum Gasteiger partial charge on any atom is 0.440 e. The standard InChI is InChI=1S/C23H26F3N5O3/c1-12-9-16-17(10-13(12)2)31-21(27-16)28-20(34)22(31,23(24,25)26)29-18(32)15-7-8-30(11-15)19(33)14-5-3-4-6-14/h9-10,14-15H,3-8,11H2,1-2H3,(H,29,32)(H,27,28,34). The first-order valence-corrected chi connectivity index (χ1v) is 11.5. The van der Waals surface area contributed by atoms with Crippen molar-refractivity contribution in [2.45, 2.75) is 57.8 Å². The molecule has 2 aromatic rings. The van der Waals surface area contributed by atoms with Crippen LogP contribution >= 0.6 is 0 Å². The number of carbonyl (C=O) groups is 3. The molecule has 5 rings (SSSR count). The quantitative estimate of drug-likeness (QED) is 0.711. The van der Waals surface area contributed by atoms with Crippen molar-refractivity contribution >= 4 is 34.7 Å². The van der Waals surface area contributed by atoms with Crippen molar-refractivity contribution in [2.75, 3.05) is 18.4 Å². The Balaban J connectivity index is 1.47. The molecule has 0 spiro atoms. The number of anilines is 1. The summed E-state index contributed by atoms with van der Waals surface area (Å²) >= 11 is 0. The number of benzene rings is 1. The van der Waals surface area contributed by atoms with Crippen LogP contribution in [-0.4, -0.2) is 51.4 Å². The van der Waals surface area contributed by atoms with Gasteiger partial charge >= 0.3 is 6.18 Å². The lowest BCUT2D eigenvalue weighted by Crippen LogP contribution is -2.64. The Bertz CT molecular complexity index is 1200. The smallest absolute Gasteiger partial charge is 0.342 e. The number of amides is 3. The zero-order valence-corrected chi connectivity index (χ0v) is 19.0. The number of carbonyl (C=O) groups excluding carboxylic acids is 3. The number of hydrogen-bond donors (Lipinski definition) is 2. The van der Waals surface area contributed by atoms with E-state index < -0.39 is 29.6 Å². The lowest BCUT2D eigenvalue weighted by Gasteiger charge is -2.33. The Hall–Kier alpha value is -3.11. The van der Waals surface area contributed by atoms with E-state index in [1.807, 2.05) is 12.2 Å². The van der Waals surface area contributed by atoms with Gasteiger partial charge in [-0.05, 0) is 56.4 Å². The highest BCUT2D eigenvalue weighted by atomic mass is 19.4. The molecule has 1 aliphatic carbocycles. The zero-order chi connectivity index (χ0) is 24.4. The van der Waals surface area contributed by atoms with Gasteiger partial charge in [0.15, 0.2) is 0 Å². The molecular formula is C23H26F3N5O3. The van der Waals surface area contributed by atoms with Gasteiger partial charge < -0.3 is 10.2 Å². The first kappa shape index (κ1) is 22.7. The highest BCUT2D eigenvalue weighted by molar-refractivity contribution is 6.05. The van der Waals surface area contributed by atoms with Crippen molar-refractivity contribution in [1.29, 1.82) is 0 Å². The van der Waals surface area contributed by atoms with Crippen LogP contribution in [0, 0.1) is 25.7 Å². The van der Waals surface area contributed by atoms with Gasteiger partial charge in [0.1, 0.15) is 0 Å². The second kappa shape index (κ2) is 7.71. The van der Waals surface area contributed by atoms with Gasteiger partial charge in [-0.2, -0.15) is 13.2 Å². The predicted octanol–water partition coefficient (Wildman–Crippen LogP) is 2.98. The third-order valence-corrected chi connectivity index (χ3v) is 7.45. The van der Waals surface area contributed by atoms with Crippen LogP contribution in [0.5, 0.6) is 0 Å². The van der Waals surface area contributed by atoms with Gasteiger partial charge in [-0.3, -0.25) is 24.3 Å². The summed E-state index contributed by atoms with van der Waals surface area (Å²) in [5.41, 5.74) is -1.36. The lowest BCUT2D eigenvalue weighted by molar-refractivity contribution is -0.218. The van der Waals surface area contributed by atoms with Crippen molar-refractivity contribution in [3.63, 3.8) is 0 Å². The van der Waals surface area contributed by atoms with Crippen LogP contribution in [0.15, 0.2) is 12.1 Å². The van der Waals surface area contributed by atoms with Gasteiger partial charge in [0.2, 0.25) is 17.8 Å². The molecule has 3 heterocycles. The molecule has 1 saturated heterocycles. The summed E-state index contributed by atoms with van der Waals surface area (Å²) in [6.07, 6.45) is -1.31. The predicted molar refractivity (Wildman–Crippen MR) is 117 cm³/mol. The number of nitrogens with one attached hydrogen (secondary N) is 2. The maximum absolute atomic E-state index is 14.6. The van der Waals surface area contributed by atoms with Crippen molar-refractivity contribution in [2.24, 2.45) is 11.8 Å². The minimum Gasteiger partial charge on any atom is -0.342 e. The number of likely N-dealkylation sites (tertiary alicyclic amines) is 1. The fourth-order valence-corrected chi connectivity index (χ4v) is 5.37. The molecule has 182 valence electrons. The molecule has 1 saturated carbocycles. The zero-order valence-electron chi connectivity index (χ0n) is 19.0. The van der Waals surface area contributed by atoms with E-state index in [1.165, 1.54) is 6.07 Å². The Kier molecular flexibility index (Phi) is 5.14. The number of halogens is 3. The number of rotatable bonds is 3. The fourth-order valence-electron chi connectivity index (χ4n) is 5.37. The molecule has 0 bridgehead atoms. The summed E-state index contributed by atoms with van der Waals surface area (Å²) in [6, 6.07) is 3.18. The van der Waals surface area contributed by atoms with Crippen LogP contribution in [0.4, 0.5) is 19.1 Å². The topological polar surface area (TPSA) is 96.3 Å². The second-order valence-corrected chi connectivity index (χ2v) is 9.60. The Morgan fingerprint density at radius 2 is 1.79 bits per heavy atom. The van der Waals surface area contributed by atoms with Gasteiger partial charge in [0.25, 0.3) is 11.6 Å². The first-order chi connectivity index (χ1) is 16.0. The minimum absolute atomic E-state index is 0.0364. The number of aryl methyl sites for hydroxylation is 2. The number of alkyl halides is 3. The second-order valence-electron chi connectivity index (χ2n) is 9.60. The summed E-state index contributed by atoms with van der Waals surface area (Å²) < 4.78 is 44.5. The van der Waals surface area contributed by atoms with E-state index in [4.69, 9.17) is 0 Å². The van der Waals surface area contributed by atoms with Gasteiger partial charge in [-0.1, -0.05) is 12.8 Å². The van der Waals surface area contributed by atoms with E-state index in [2.05, 4.69) is 10.3 Å². The number of fused-ring (bicyclic) bond motifs is 3. The SMILES string of the molecule is Cc1cc2nc3n(c2cc1C)C(NC(=O)C1CCN(C(=O)C2CCCC2)C1)(C(F)(F)F)C(=O)N3. The van der Waals surface area contributed by atoms with Crippen LogP contribution in [0.3, 0.4) is 0 Å². The van der Waals surface area contributed by atoms with Crippen LogP contribution in [-0.2, 0) is 20.0 Å². The van der Waals surface area contributed by atoms with E-state index >= 15 is 0 Å². The van der Waals surface area contributed by atoms with Crippen LogP contribution in [0.1, 0.15) is 43.2 Å². The molecule has 2 N–H and O–H groups in total. The molecule has 2 unspecified atom stereocenters. The molecule has 0 radical (unpaired) electrons. The van der Waals surface area contributed by atoms with E-state index in [0.29, 0.717) is 6.54 Å². The highest BCUT2D eigenvalue weighted by Gasteiger charge is 2.68. The monoisotopic (exact) mass is 477 g/mol. The van der Waals surface area contributed by atoms with Crippen LogP contribution < -0.4 is 10.6 Å². The number of imidazole rings is 1. The van der Waals surface area contributed by atoms with E-state index in [1.54, 1.807) is 17.9 Å². The van der Waals surface area contributed by atoms with Crippen LogP contribution in [0.25, 0.3) is 11.0 Å². The summed E-state index contributed by atoms with van der Waals surface area (Å²) in [4.78, 5) is 44.3. The van der Waals surface area contributed by atoms with Crippen molar-refractivity contribution < 1.29 is 27.6 Å². The van der Waals surface area contributed by atoms with E-state index in [-0.39, 0.29) is 41.8 Å². The van der Waals surface area contributed by atoms with Gasteiger partial charge in [0, 0.05) is 19.0 Å². The lowest BCUT2D eigenvalue weighted by atomic mass is 10.0. The molecule has 11 heteroatoms. The summed E-state index contributed by atoms with van der Waals surface area (Å²) in [5.74, 6) is -3.53. The minimum atomic E-state index is -5.14. The molecule has 3 amide bonds. The number of aromatic nitrogens is 2. The Morgan fingerprint density at radius 1 is 1.12 bits per heavy atom. The van der Waals surface area contributed by atoms with Gasteiger partial charge in [0.05, 0.1) is 17.0 Å². The molecule has 2 fully saturated rings. The molecule has 1 aromatic heterocycles.